The number of ether oxygens (including phenoxy) is 3. The van der Waals surface area contributed by atoms with E-state index >= 15 is 0 Å². The number of nitro groups is 1. The van der Waals surface area contributed by atoms with E-state index in [1.54, 1.807) is 19.9 Å². The molecule has 1 aliphatic heterocycles. The third kappa shape index (κ3) is 5.02. The number of rotatable bonds is 7. The summed E-state index contributed by atoms with van der Waals surface area (Å²) in [5.41, 5.74) is 1.28. The van der Waals surface area contributed by atoms with Gasteiger partial charge in [0.25, 0.3) is 5.69 Å². The maximum absolute atomic E-state index is 12.8. The number of nitro benzene ring substituents is 1. The minimum Gasteiger partial charge on any atom is -0.466 e. The van der Waals surface area contributed by atoms with Crippen LogP contribution in [0, 0.1) is 10.1 Å². The Labute approximate surface area is 172 Å². The molecule has 160 valence electrons. The first kappa shape index (κ1) is 22.6. The van der Waals surface area contributed by atoms with Gasteiger partial charge in [0, 0.05) is 30.5 Å². The molecule has 0 spiro atoms. The van der Waals surface area contributed by atoms with Crippen molar-refractivity contribution >= 4 is 23.6 Å². The molecule has 0 saturated heterocycles. The summed E-state index contributed by atoms with van der Waals surface area (Å²) >= 11 is 0. The lowest BCUT2D eigenvalue weighted by Crippen LogP contribution is -2.32. The van der Waals surface area contributed by atoms with E-state index in [9.17, 15) is 24.5 Å². The van der Waals surface area contributed by atoms with Crippen molar-refractivity contribution in [3.05, 3.63) is 62.5 Å². The molecule has 30 heavy (non-hydrogen) atoms. The SMILES string of the molecule is COC(=O)C1=C(C)NC(C)=C(C(=O)OCCOC(C)=O)[C@@H]1c1cccc([N+](=O)[O-])c1. The fourth-order valence-electron chi connectivity index (χ4n) is 3.19. The highest BCUT2D eigenvalue weighted by Crippen LogP contribution is 2.40. The van der Waals surface area contributed by atoms with Crippen LogP contribution in [-0.2, 0) is 28.6 Å². The Kier molecular flexibility index (Phi) is 7.29. The van der Waals surface area contributed by atoms with Gasteiger partial charge in [0.1, 0.15) is 13.2 Å². The molecule has 0 fully saturated rings. The van der Waals surface area contributed by atoms with Crippen LogP contribution < -0.4 is 5.32 Å². The molecule has 0 bridgehead atoms. The predicted molar refractivity (Wildman–Crippen MR) is 104 cm³/mol. The highest BCUT2D eigenvalue weighted by atomic mass is 16.6. The van der Waals surface area contributed by atoms with Gasteiger partial charge in [0.2, 0.25) is 0 Å². The predicted octanol–water partition coefficient (Wildman–Crippen LogP) is 2.11. The largest absolute Gasteiger partial charge is 0.466 e. The molecule has 10 heteroatoms. The number of nitrogens with one attached hydrogen (secondary N) is 1. The summed E-state index contributed by atoms with van der Waals surface area (Å²) in [6.07, 6.45) is 0. The Hall–Kier alpha value is -3.69. The number of non-ortho nitro benzene ring substituents is 1. The average Bonchev–Trinajstić information content (AvgIpc) is 2.69. The van der Waals surface area contributed by atoms with Crippen molar-refractivity contribution in [2.45, 2.75) is 26.7 Å². The van der Waals surface area contributed by atoms with Crippen LogP contribution in [0.25, 0.3) is 0 Å². The molecule has 0 amide bonds. The van der Waals surface area contributed by atoms with Gasteiger partial charge >= 0.3 is 17.9 Å². The molecule has 0 aliphatic carbocycles. The number of methoxy groups -OCH3 is 1. The van der Waals surface area contributed by atoms with Gasteiger partial charge in [-0.15, -0.1) is 0 Å². The zero-order valence-corrected chi connectivity index (χ0v) is 17.0. The van der Waals surface area contributed by atoms with Crippen LogP contribution in [-0.4, -0.2) is 43.2 Å². The van der Waals surface area contributed by atoms with Crippen LogP contribution >= 0.6 is 0 Å². The lowest BCUT2D eigenvalue weighted by atomic mass is 9.80. The van der Waals surface area contributed by atoms with Crippen LogP contribution in [0.1, 0.15) is 32.3 Å². The quantitative estimate of drug-likeness (QED) is 0.232. The van der Waals surface area contributed by atoms with E-state index in [0.717, 1.165) is 0 Å². The van der Waals surface area contributed by atoms with E-state index in [1.165, 1.54) is 32.2 Å². The molecular formula is C20H22N2O8. The Morgan fingerprint density at radius 2 is 1.67 bits per heavy atom. The second-order valence-corrected chi connectivity index (χ2v) is 6.46. The molecule has 1 N–H and O–H groups in total. The Bertz CT molecular complexity index is 948. The standard InChI is InChI=1S/C20H22N2O8/c1-11-16(19(24)28-4)18(14-6-5-7-15(10-14)22(26)27)17(12(2)21-11)20(25)30-9-8-29-13(3)23/h5-7,10,18,21H,8-9H2,1-4H3/t18-/m1/s1. The molecule has 10 nitrogen and oxygen atoms in total. The number of hydrogen-bond donors (Lipinski definition) is 1. The van der Waals surface area contributed by atoms with E-state index in [4.69, 9.17) is 14.2 Å². The number of esters is 3. The van der Waals surface area contributed by atoms with Crippen molar-refractivity contribution < 1.29 is 33.5 Å². The molecule has 1 aromatic carbocycles. The molecule has 0 radical (unpaired) electrons. The molecule has 1 atom stereocenters. The first-order valence-corrected chi connectivity index (χ1v) is 8.99. The summed E-state index contributed by atoms with van der Waals surface area (Å²) in [6, 6.07) is 5.66. The Balaban J connectivity index is 2.49. The molecule has 2 rings (SSSR count). The fraction of sp³-hybridized carbons (Fsp3) is 0.350. The lowest BCUT2D eigenvalue weighted by molar-refractivity contribution is -0.384. The maximum atomic E-state index is 12.8. The molecule has 0 unspecified atom stereocenters. The molecule has 1 heterocycles. The number of nitrogens with zero attached hydrogens (tertiary/aromatic N) is 1. The normalized spacial score (nSPS) is 15.9. The van der Waals surface area contributed by atoms with E-state index in [1.807, 2.05) is 0 Å². The van der Waals surface area contributed by atoms with Crippen molar-refractivity contribution in [1.29, 1.82) is 0 Å². The number of hydrogen-bond acceptors (Lipinski definition) is 9. The average molecular weight is 418 g/mol. The minimum absolute atomic E-state index is 0.101. The van der Waals surface area contributed by atoms with Crippen molar-refractivity contribution in [2.75, 3.05) is 20.3 Å². The van der Waals surface area contributed by atoms with Crippen molar-refractivity contribution in [2.24, 2.45) is 0 Å². The highest BCUT2D eigenvalue weighted by molar-refractivity contribution is 5.99. The van der Waals surface area contributed by atoms with Gasteiger partial charge in [-0.3, -0.25) is 14.9 Å². The van der Waals surface area contributed by atoms with Crippen molar-refractivity contribution in [3.8, 4) is 0 Å². The van der Waals surface area contributed by atoms with Gasteiger partial charge in [-0.25, -0.2) is 9.59 Å². The number of benzene rings is 1. The minimum atomic E-state index is -0.945. The van der Waals surface area contributed by atoms with E-state index in [-0.39, 0.29) is 30.0 Å². The number of carbonyl (C=O) groups excluding carboxylic acids is 3. The van der Waals surface area contributed by atoms with Gasteiger partial charge in [0.05, 0.1) is 29.1 Å². The first-order valence-electron chi connectivity index (χ1n) is 8.99. The summed E-state index contributed by atoms with van der Waals surface area (Å²) in [4.78, 5) is 46.9. The van der Waals surface area contributed by atoms with E-state index in [0.29, 0.717) is 17.0 Å². The molecule has 1 aliphatic rings. The third-order valence-corrected chi connectivity index (χ3v) is 4.42. The second kappa shape index (κ2) is 9.68. The first-order chi connectivity index (χ1) is 14.2. The van der Waals surface area contributed by atoms with E-state index < -0.39 is 28.7 Å². The number of allylic oxidation sites excluding steroid dienone is 2. The van der Waals surface area contributed by atoms with Crippen LogP contribution in [0.3, 0.4) is 0 Å². The number of carbonyl (C=O) groups is 3. The summed E-state index contributed by atoms with van der Waals surface area (Å²) in [5, 5.41) is 14.2. The van der Waals surface area contributed by atoms with Gasteiger partial charge in [-0.1, -0.05) is 12.1 Å². The summed E-state index contributed by atoms with van der Waals surface area (Å²) < 4.78 is 14.8. The maximum Gasteiger partial charge on any atom is 0.336 e. The Morgan fingerprint density at radius 3 is 2.23 bits per heavy atom. The fourth-order valence-corrected chi connectivity index (χ4v) is 3.19. The topological polar surface area (TPSA) is 134 Å². The smallest absolute Gasteiger partial charge is 0.336 e. The second-order valence-electron chi connectivity index (χ2n) is 6.46. The zero-order chi connectivity index (χ0) is 22.4. The van der Waals surface area contributed by atoms with E-state index in [2.05, 4.69) is 5.32 Å². The molecule has 0 aromatic heterocycles. The van der Waals surface area contributed by atoms with Gasteiger partial charge in [0.15, 0.2) is 0 Å². The van der Waals surface area contributed by atoms with Crippen molar-refractivity contribution in [3.63, 3.8) is 0 Å². The molecule has 1 aromatic rings. The van der Waals surface area contributed by atoms with Gasteiger partial charge in [-0.05, 0) is 19.4 Å². The molecular weight excluding hydrogens is 396 g/mol. The summed E-state index contributed by atoms with van der Waals surface area (Å²) in [5.74, 6) is -2.90. The van der Waals surface area contributed by atoms with Gasteiger partial charge < -0.3 is 19.5 Å². The monoisotopic (exact) mass is 418 g/mol. The summed E-state index contributed by atoms with van der Waals surface area (Å²) in [6.45, 7) is 4.19. The van der Waals surface area contributed by atoms with Crippen LogP contribution in [0.4, 0.5) is 5.69 Å². The number of dihydropyridines is 1. The Morgan fingerprint density at radius 1 is 1.07 bits per heavy atom. The summed E-state index contributed by atoms with van der Waals surface area (Å²) in [7, 11) is 1.20. The van der Waals surface area contributed by atoms with Crippen LogP contribution in [0.5, 0.6) is 0 Å². The zero-order valence-electron chi connectivity index (χ0n) is 17.0. The van der Waals surface area contributed by atoms with Crippen LogP contribution in [0.2, 0.25) is 0 Å². The van der Waals surface area contributed by atoms with Crippen molar-refractivity contribution in [1.82, 2.24) is 5.32 Å². The molecule has 0 saturated carbocycles. The van der Waals surface area contributed by atoms with Crippen LogP contribution in [0.15, 0.2) is 46.8 Å². The highest BCUT2D eigenvalue weighted by Gasteiger charge is 2.38. The lowest BCUT2D eigenvalue weighted by Gasteiger charge is -2.30. The third-order valence-electron chi connectivity index (χ3n) is 4.42. The van der Waals surface area contributed by atoms with Gasteiger partial charge in [-0.2, -0.15) is 0 Å².